The summed E-state index contributed by atoms with van der Waals surface area (Å²) in [5.74, 6) is 0.722. The van der Waals surface area contributed by atoms with E-state index in [1.165, 1.54) is 44.9 Å². The van der Waals surface area contributed by atoms with Crippen LogP contribution in [0, 0.1) is 5.92 Å². The third-order valence-corrected chi connectivity index (χ3v) is 26.0. The van der Waals surface area contributed by atoms with Gasteiger partial charge in [-0.25, -0.2) is 0 Å². The van der Waals surface area contributed by atoms with Gasteiger partial charge in [-0.1, -0.05) is 0 Å². The third-order valence-electron chi connectivity index (χ3n) is 8.26. The van der Waals surface area contributed by atoms with E-state index in [4.69, 9.17) is 0 Å². The molecule has 1 saturated carbocycles. The molecule has 5 heteroatoms. The molecule has 0 N–H and O–H groups in total. The predicted octanol–water partition coefficient (Wildman–Crippen LogP) is 8.00. The Morgan fingerprint density at radius 3 is 1.77 bits per heavy atom. The first-order valence-electron chi connectivity index (χ1n) is 11.8. The van der Waals surface area contributed by atoms with Gasteiger partial charge in [0.1, 0.15) is 0 Å². The molecule has 2 aliphatic rings. The fourth-order valence-electron chi connectivity index (χ4n) is 6.26. The molecule has 0 heterocycles. The molecule has 2 unspecified atom stereocenters. The molecule has 0 radical (unpaired) electrons. The van der Waals surface area contributed by atoms with Gasteiger partial charge >= 0.3 is 180 Å². The summed E-state index contributed by atoms with van der Waals surface area (Å²) in [5, 5.41) is 4.66. The van der Waals surface area contributed by atoms with E-state index < -0.39 is 15.8 Å². The SMILES string of the molecule is CCc1cc(CC)cc([SiH2][Ti]([CH3])([C]2=C(C)C(C)=C(C)C2C)[CH]2CCCCC2)c1.Cl.Cl.Cl. The zero-order valence-electron chi connectivity index (χ0n) is 20.8. The summed E-state index contributed by atoms with van der Waals surface area (Å²) in [6.07, 6.45) is 9.87. The summed E-state index contributed by atoms with van der Waals surface area (Å²) in [7, 11) is -0.236. The van der Waals surface area contributed by atoms with E-state index in [1.807, 2.05) is 3.88 Å². The second-order valence-electron chi connectivity index (χ2n) is 9.86. The fraction of sp³-hybridized carbons (Fsp3) is 0.615. The molecule has 3 rings (SSSR count). The molecule has 1 fully saturated rings. The molecule has 1 aromatic carbocycles. The van der Waals surface area contributed by atoms with Crippen LogP contribution in [0.3, 0.4) is 0 Å². The van der Waals surface area contributed by atoms with Crippen LogP contribution < -0.4 is 5.19 Å². The van der Waals surface area contributed by atoms with Crippen molar-refractivity contribution in [2.45, 2.75) is 95.9 Å². The number of halogens is 3. The van der Waals surface area contributed by atoms with Crippen LogP contribution >= 0.6 is 37.2 Å². The molecule has 0 amide bonds. The maximum atomic E-state index is 2.87. The summed E-state index contributed by atoms with van der Waals surface area (Å²) in [6, 6.07) is 7.68. The summed E-state index contributed by atoms with van der Waals surface area (Å²) in [4.78, 5) is 0. The minimum Gasteiger partial charge on any atom is -0.147 e. The number of allylic oxidation sites excluding steroid dienone is 4. The number of rotatable bonds is 6. The third kappa shape index (κ3) is 6.55. The van der Waals surface area contributed by atoms with E-state index in [9.17, 15) is 0 Å². The van der Waals surface area contributed by atoms with Crippen LogP contribution in [0.25, 0.3) is 0 Å². The molecule has 0 aliphatic heterocycles. The molecular weight excluding hydrogens is 495 g/mol. The van der Waals surface area contributed by atoms with Gasteiger partial charge in [-0.3, -0.25) is 0 Å². The van der Waals surface area contributed by atoms with Crippen LogP contribution in [-0.2, 0) is 28.7 Å². The van der Waals surface area contributed by atoms with Crippen LogP contribution in [0.5, 0.6) is 0 Å². The number of benzene rings is 1. The Hall–Kier alpha value is 0.501. The van der Waals surface area contributed by atoms with Crippen LogP contribution in [0.1, 0.15) is 84.8 Å². The zero-order chi connectivity index (χ0) is 20.5. The average Bonchev–Trinajstić information content (AvgIpc) is 2.91. The van der Waals surface area contributed by atoms with Crippen molar-refractivity contribution in [3.63, 3.8) is 0 Å². The van der Waals surface area contributed by atoms with E-state index in [0.29, 0.717) is 0 Å². The minimum atomic E-state index is -2.12. The quantitative estimate of drug-likeness (QED) is 0.321. The van der Waals surface area contributed by atoms with Gasteiger partial charge in [0.15, 0.2) is 0 Å². The Morgan fingerprint density at radius 2 is 1.35 bits per heavy atom. The van der Waals surface area contributed by atoms with Crippen LogP contribution in [0.4, 0.5) is 0 Å². The summed E-state index contributed by atoms with van der Waals surface area (Å²) in [6.45, 7) is 14.5. The second-order valence-corrected chi connectivity index (χ2v) is 25.3. The van der Waals surface area contributed by atoms with Crippen molar-refractivity contribution in [3.8, 4) is 0 Å². The van der Waals surface area contributed by atoms with E-state index >= 15 is 0 Å². The molecule has 178 valence electrons. The molecule has 2 atom stereocenters. The number of hydrogen-bond acceptors (Lipinski definition) is 0. The van der Waals surface area contributed by atoms with Crippen molar-refractivity contribution in [2.75, 3.05) is 0 Å². The van der Waals surface area contributed by atoms with E-state index in [1.54, 1.807) is 33.0 Å². The monoisotopic (exact) mass is 538 g/mol. The molecular formula is C26H45Cl3SiTi. The number of hydrogen-bond donors (Lipinski definition) is 0. The van der Waals surface area contributed by atoms with Crippen molar-refractivity contribution in [3.05, 3.63) is 49.9 Å². The van der Waals surface area contributed by atoms with Gasteiger partial charge in [0.25, 0.3) is 0 Å². The maximum absolute atomic E-state index is 2.87. The van der Waals surface area contributed by atoms with Crippen LogP contribution in [0.2, 0.25) is 9.45 Å². The van der Waals surface area contributed by atoms with Crippen molar-refractivity contribution in [1.29, 1.82) is 0 Å². The summed E-state index contributed by atoms with van der Waals surface area (Å²) in [5.41, 5.74) is 8.16. The van der Waals surface area contributed by atoms with Crippen LogP contribution in [0.15, 0.2) is 38.8 Å². The van der Waals surface area contributed by atoms with Gasteiger partial charge in [0.2, 0.25) is 0 Å². The first kappa shape index (κ1) is 31.5. The molecule has 2 aliphatic carbocycles. The van der Waals surface area contributed by atoms with E-state index in [2.05, 4.69) is 65.0 Å². The minimum absolute atomic E-state index is 0. The average molecular weight is 540 g/mol. The maximum Gasteiger partial charge on any atom is -0.147 e. The predicted molar refractivity (Wildman–Crippen MR) is 148 cm³/mol. The number of aryl methyl sites for hydroxylation is 2. The van der Waals surface area contributed by atoms with Crippen molar-refractivity contribution < 1.29 is 15.8 Å². The fourth-order valence-corrected chi connectivity index (χ4v) is 26.4. The van der Waals surface area contributed by atoms with Gasteiger partial charge in [0, 0.05) is 0 Å². The van der Waals surface area contributed by atoms with E-state index in [-0.39, 0.29) is 44.6 Å². The molecule has 31 heavy (non-hydrogen) atoms. The molecule has 0 spiro atoms. The van der Waals surface area contributed by atoms with Gasteiger partial charge in [-0.2, -0.15) is 0 Å². The zero-order valence-corrected chi connectivity index (χ0v) is 26.2. The standard InChI is InChI=1S/C10H15Si.C9H13.C6H11.CH3.3ClH.Ti/c1-3-8-5-9(4-2)7-10(11)6-8;1-6-5-7(2)9(4)8(6)3;1-2-4-6-5-3-1;;;;;/h5-7H,3-4,11H2,1-2H3;6H,1-4H3;1H,2-6H2;1H3;3*1H;. The normalized spacial score (nSPS) is 21.6. The topological polar surface area (TPSA) is 0 Å². The van der Waals surface area contributed by atoms with Gasteiger partial charge in [-0.05, 0) is 0 Å². The molecule has 0 aromatic heterocycles. The smallest absolute Gasteiger partial charge is 0.147 e. The second kappa shape index (κ2) is 13.4. The largest absolute Gasteiger partial charge is 0.147 e. The molecule has 0 bridgehead atoms. The Labute approximate surface area is 216 Å². The van der Waals surface area contributed by atoms with Crippen molar-refractivity contribution >= 4 is 49.8 Å². The van der Waals surface area contributed by atoms with Crippen molar-refractivity contribution in [1.82, 2.24) is 0 Å². The molecule has 0 saturated heterocycles. The summed E-state index contributed by atoms with van der Waals surface area (Å²) >= 11 is -2.12. The van der Waals surface area contributed by atoms with Gasteiger partial charge in [0.05, 0.1) is 0 Å². The van der Waals surface area contributed by atoms with Crippen LogP contribution in [-0.4, -0.2) is 7.39 Å². The van der Waals surface area contributed by atoms with Gasteiger partial charge < -0.3 is 0 Å². The Balaban J connectivity index is 0.00000300. The summed E-state index contributed by atoms with van der Waals surface area (Å²) < 4.78 is 3.08. The first-order chi connectivity index (χ1) is 13.3. The Morgan fingerprint density at radius 1 is 0.839 bits per heavy atom. The Bertz CT molecular complexity index is 774. The van der Waals surface area contributed by atoms with Crippen molar-refractivity contribution in [2.24, 2.45) is 5.92 Å². The Kier molecular flexibility index (Phi) is 13.6. The van der Waals surface area contributed by atoms with Gasteiger partial charge in [-0.15, -0.1) is 37.2 Å². The van der Waals surface area contributed by atoms with E-state index in [0.717, 1.165) is 10.1 Å². The molecule has 1 aromatic rings. The first-order valence-corrected chi connectivity index (χ1v) is 19.8. The molecule has 0 nitrogen and oxygen atoms in total.